The van der Waals surface area contributed by atoms with Crippen LogP contribution in [0, 0.1) is 18.7 Å². The van der Waals surface area contributed by atoms with E-state index in [0.717, 1.165) is 18.7 Å². The van der Waals surface area contributed by atoms with Crippen molar-refractivity contribution >= 4 is 5.69 Å². The number of rotatable bonds is 5. The molecule has 0 spiro atoms. The molecule has 1 aromatic rings. The van der Waals surface area contributed by atoms with Crippen LogP contribution in [-0.2, 0) is 0 Å². The van der Waals surface area contributed by atoms with E-state index in [-0.39, 0.29) is 5.82 Å². The molecule has 0 aromatic heterocycles. The van der Waals surface area contributed by atoms with E-state index in [0.29, 0.717) is 17.0 Å². The fraction of sp³-hybridized carbons (Fsp3) is 0.600. The summed E-state index contributed by atoms with van der Waals surface area (Å²) < 4.78 is 13.6. The van der Waals surface area contributed by atoms with E-state index >= 15 is 0 Å². The molecule has 0 radical (unpaired) electrons. The molecule has 1 rings (SSSR count). The van der Waals surface area contributed by atoms with Crippen molar-refractivity contribution in [3.8, 4) is 0 Å². The van der Waals surface area contributed by atoms with E-state index in [9.17, 15) is 9.50 Å². The van der Waals surface area contributed by atoms with E-state index in [2.05, 4.69) is 18.7 Å². The smallest absolute Gasteiger partial charge is 0.126 e. The van der Waals surface area contributed by atoms with Crippen LogP contribution in [0.25, 0.3) is 0 Å². The summed E-state index contributed by atoms with van der Waals surface area (Å²) in [5.74, 6) is 0.371. The number of nitrogens with zero attached hydrogens (tertiary/aromatic N) is 1. The SMILES string of the molecule is Cc1cc(N(C)CCC(C)C)c([C@@H](C)O)cc1F. The number of benzene rings is 1. The van der Waals surface area contributed by atoms with E-state index in [1.807, 2.05) is 13.1 Å². The number of aliphatic hydroxyl groups excluding tert-OH is 1. The minimum absolute atomic E-state index is 0.257. The van der Waals surface area contributed by atoms with Crippen LogP contribution in [-0.4, -0.2) is 18.7 Å². The van der Waals surface area contributed by atoms with Crippen LogP contribution < -0.4 is 4.90 Å². The Bertz CT molecular complexity index is 402. The number of aryl methyl sites for hydroxylation is 1. The van der Waals surface area contributed by atoms with Gasteiger partial charge in [-0.05, 0) is 43.9 Å². The van der Waals surface area contributed by atoms with Gasteiger partial charge in [0.15, 0.2) is 0 Å². The first-order valence-corrected chi connectivity index (χ1v) is 6.52. The normalized spacial score (nSPS) is 12.9. The molecule has 3 heteroatoms. The minimum Gasteiger partial charge on any atom is -0.389 e. The van der Waals surface area contributed by atoms with Gasteiger partial charge in [-0.25, -0.2) is 4.39 Å². The second-order valence-corrected chi connectivity index (χ2v) is 5.44. The van der Waals surface area contributed by atoms with Crippen LogP contribution in [0.15, 0.2) is 12.1 Å². The summed E-state index contributed by atoms with van der Waals surface area (Å²) in [6.45, 7) is 8.69. The third kappa shape index (κ3) is 3.70. The van der Waals surface area contributed by atoms with Crippen molar-refractivity contribution in [2.24, 2.45) is 5.92 Å². The minimum atomic E-state index is -0.656. The Morgan fingerprint density at radius 2 is 1.89 bits per heavy atom. The monoisotopic (exact) mass is 253 g/mol. The molecule has 18 heavy (non-hydrogen) atoms. The molecule has 1 aromatic carbocycles. The van der Waals surface area contributed by atoms with Crippen LogP contribution >= 0.6 is 0 Å². The zero-order valence-corrected chi connectivity index (χ0v) is 12.0. The number of anilines is 1. The van der Waals surface area contributed by atoms with Crippen LogP contribution in [0.5, 0.6) is 0 Å². The first-order chi connectivity index (χ1) is 8.32. The van der Waals surface area contributed by atoms with Crippen molar-refractivity contribution in [3.05, 3.63) is 29.1 Å². The lowest BCUT2D eigenvalue weighted by molar-refractivity contribution is 0.199. The van der Waals surface area contributed by atoms with Gasteiger partial charge in [-0.2, -0.15) is 0 Å². The number of hydrogen-bond acceptors (Lipinski definition) is 2. The van der Waals surface area contributed by atoms with Crippen molar-refractivity contribution in [3.63, 3.8) is 0 Å². The highest BCUT2D eigenvalue weighted by Crippen LogP contribution is 2.29. The maximum Gasteiger partial charge on any atom is 0.126 e. The van der Waals surface area contributed by atoms with Gasteiger partial charge in [0.25, 0.3) is 0 Å². The molecule has 0 bridgehead atoms. The molecular formula is C15H24FNO. The second-order valence-electron chi connectivity index (χ2n) is 5.44. The van der Waals surface area contributed by atoms with Gasteiger partial charge >= 0.3 is 0 Å². The third-order valence-corrected chi connectivity index (χ3v) is 3.21. The molecule has 1 N–H and O–H groups in total. The first-order valence-electron chi connectivity index (χ1n) is 6.52. The van der Waals surface area contributed by atoms with Crippen molar-refractivity contribution < 1.29 is 9.50 Å². The first kappa shape index (κ1) is 15.0. The topological polar surface area (TPSA) is 23.5 Å². The van der Waals surface area contributed by atoms with Gasteiger partial charge in [0.05, 0.1) is 6.10 Å². The van der Waals surface area contributed by atoms with E-state index in [1.54, 1.807) is 13.8 Å². The second kappa shape index (κ2) is 6.19. The molecule has 0 saturated carbocycles. The summed E-state index contributed by atoms with van der Waals surface area (Å²) in [5, 5.41) is 9.75. The standard InChI is InChI=1S/C15H24FNO/c1-10(2)6-7-17(5)15-8-11(3)14(16)9-13(15)12(4)18/h8-10,12,18H,6-7H2,1-5H3/t12-/m1/s1. The Balaban J connectivity index is 3.02. The van der Waals surface area contributed by atoms with Crippen LogP contribution in [0.4, 0.5) is 10.1 Å². The molecule has 0 amide bonds. The summed E-state index contributed by atoms with van der Waals surface area (Å²) in [4.78, 5) is 2.09. The molecule has 2 nitrogen and oxygen atoms in total. The lowest BCUT2D eigenvalue weighted by Crippen LogP contribution is -2.22. The lowest BCUT2D eigenvalue weighted by atomic mass is 10.0. The van der Waals surface area contributed by atoms with Gasteiger partial charge < -0.3 is 10.0 Å². The van der Waals surface area contributed by atoms with Gasteiger partial charge in [0, 0.05) is 24.8 Å². The maximum atomic E-state index is 13.6. The molecule has 0 unspecified atom stereocenters. The summed E-state index contributed by atoms with van der Waals surface area (Å²) in [6, 6.07) is 3.26. The Kier molecular flexibility index (Phi) is 5.15. The van der Waals surface area contributed by atoms with Crippen molar-refractivity contribution in [2.45, 2.75) is 40.2 Å². The Hall–Kier alpha value is -1.09. The highest BCUT2D eigenvalue weighted by Gasteiger charge is 2.15. The predicted octanol–water partition coefficient (Wildman–Crippen LogP) is 3.67. The summed E-state index contributed by atoms with van der Waals surface area (Å²) in [7, 11) is 1.99. The van der Waals surface area contributed by atoms with Gasteiger partial charge in [-0.1, -0.05) is 13.8 Å². The Labute approximate surface area is 109 Å². The average Bonchev–Trinajstić information content (AvgIpc) is 2.28. The highest BCUT2D eigenvalue weighted by atomic mass is 19.1. The fourth-order valence-electron chi connectivity index (χ4n) is 1.92. The number of halogens is 1. The Morgan fingerprint density at radius 3 is 2.39 bits per heavy atom. The van der Waals surface area contributed by atoms with Crippen LogP contribution in [0.3, 0.4) is 0 Å². The average molecular weight is 253 g/mol. The van der Waals surface area contributed by atoms with Gasteiger partial charge in [0.2, 0.25) is 0 Å². The molecule has 0 heterocycles. The number of aliphatic hydroxyl groups is 1. The fourth-order valence-corrected chi connectivity index (χ4v) is 1.92. The van der Waals surface area contributed by atoms with Gasteiger partial charge in [-0.3, -0.25) is 0 Å². The largest absolute Gasteiger partial charge is 0.389 e. The molecule has 0 aliphatic carbocycles. The molecule has 0 aliphatic rings. The Morgan fingerprint density at radius 1 is 1.28 bits per heavy atom. The molecular weight excluding hydrogens is 229 g/mol. The quantitative estimate of drug-likeness (QED) is 0.865. The third-order valence-electron chi connectivity index (χ3n) is 3.21. The van der Waals surface area contributed by atoms with E-state index in [1.165, 1.54) is 6.07 Å². The summed E-state index contributed by atoms with van der Waals surface area (Å²) in [6.07, 6.45) is 0.420. The predicted molar refractivity (Wildman–Crippen MR) is 74.5 cm³/mol. The van der Waals surface area contributed by atoms with Crippen molar-refractivity contribution in [1.82, 2.24) is 0 Å². The number of hydrogen-bond donors (Lipinski definition) is 1. The zero-order valence-electron chi connectivity index (χ0n) is 12.0. The molecule has 0 fully saturated rings. The molecule has 0 aliphatic heterocycles. The highest BCUT2D eigenvalue weighted by molar-refractivity contribution is 5.56. The van der Waals surface area contributed by atoms with Gasteiger partial charge in [-0.15, -0.1) is 0 Å². The summed E-state index contributed by atoms with van der Waals surface area (Å²) >= 11 is 0. The van der Waals surface area contributed by atoms with E-state index < -0.39 is 6.10 Å². The van der Waals surface area contributed by atoms with Crippen LogP contribution in [0.2, 0.25) is 0 Å². The van der Waals surface area contributed by atoms with E-state index in [4.69, 9.17) is 0 Å². The zero-order chi connectivity index (χ0) is 13.9. The molecule has 102 valence electrons. The summed E-state index contributed by atoms with van der Waals surface area (Å²) in [5.41, 5.74) is 2.19. The maximum absolute atomic E-state index is 13.6. The lowest BCUT2D eigenvalue weighted by Gasteiger charge is -2.25. The molecule has 1 atom stereocenters. The van der Waals surface area contributed by atoms with Crippen LogP contribution in [0.1, 0.15) is 44.4 Å². The van der Waals surface area contributed by atoms with Gasteiger partial charge in [0.1, 0.15) is 5.82 Å². The molecule has 0 saturated heterocycles. The van der Waals surface area contributed by atoms with Crippen molar-refractivity contribution in [1.29, 1.82) is 0 Å². The van der Waals surface area contributed by atoms with Crippen molar-refractivity contribution in [2.75, 3.05) is 18.5 Å².